The highest BCUT2D eigenvalue weighted by molar-refractivity contribution is 5.40. The van der Waals surface area contributed by atoms with Crippen LogP contribution in [0.1, 0.15) is 44.6 Å². The molecule has 2 rings (SSSR count). The molecule has 1 aromatic rings. The Bertz CT molecular complexity index is 420. The number of ether oxygens (including phenoxy) is 2. The molecule has 0 radical (unpaired) electrons. The molecule has 0 aliphatic heterocycles. The molecule has 0 amide bonds. The molecule has 1 aliphatic carbocycles. The van der Waals surface area contributed by atoms with Gasteiger partial charge in [0.05, 0.1) is 14.2 Å². The maximum atomic E-state index is 6.33. The van der Waals surface area contributed by atoms with Crippen LogP contribution in [0.5, 0.6) is 11.5 Å². The van der Waals surface area contributed by atoms with Crippen LogP contribution < -0.4 is 15.2 Å². The molecule has 0 aromatic heterocycles. The molecule has 0 spiro atoms. The zero-order chi connectivity index (χ0) is 14.0. The van der Waals surface area contributed by atoms with Gasteiger partial charge in [0.15, 0.2) is 0 Å². The first-order valence-corrected chi connectivity index (χ1v) is 6.94. The highest BCUT2D eigenvalue weighted by Crippen LogP contribution is 2.44. The summed E-state index contributed by atoms with van der Waals surface area (Å²) in [6.45, 7) is 4.65. The third kappa shape index (κ3) is 3.21. The highest BCUT2D eigenvalue weighted by Gasteiger charge is 2.34. The van der Waals surface area contributed by atoms with Crippen LogP contribution in [-0.2, 0) is 0 Å². The Morgan fingerprint density at radius 1 is 1.11 bits per heavy atom. The van der Waals surface area contributed by atoms with Crippen molar-refractivity contribution in [1.29, 1.82) is 0 Å². The minimum atomic E-state index is 0.227. The van der Waals surface area contributed by atoms with Crippen molar-refractivity contribution >= 4 is 0 Å². The average Bonchev–Trinajstić information content (AvgIpc) is 2.40. The van der Waals surface area contributed by atoms with Gasteiger partial charge >= 0.3 is 0 Å². The largest absolute Gasteiger partial charge is 0.497 e. The summed E-state index contributed by atoms with van der Waals surface area (Å²) in [5, 5.41) is 0. The van der Waals surface area contributed by atoms with Crippen molar-refractivity contribution in [1.82, 2.24) is 0 Å². The number of hydrogen-bond acceptors (Lipinski definition) is 3. The quantitative estimate of drug-likeness (QED) is 0.909. The summed E-state index contributed by atoms with van der Waals surface area (Å²) >= 11 is 0. The first-order valence-electron chi connectivity index (χ1n) is 6.94. The van der Waals surface area contributed by atoms with E-state index >= 15 is 0 Å². The monoisotopic (exact) mass is 263 g/mol. The number of benzene rings is 1. The summed E-state index contributed by atoms with van der Waals surface area (Å²) < 4.78 is 10.7. The zero-order valence-corrected chi connectivity index (χ0v) is 12.4. The third-order valence-electron chi connectivity index (χ3n) is 4.25. The molecule has 0 heterocycles. The van der Waals surface area contributed by atoms with Crippen LogP contribution in [0.25, 0.3) is 0 Å². The Labute approximate surface area is 116 Å². The Balaban J connectivity index is 2.33. The molecule has 0 saturated heterocycles. The van der Waals surface area contributed by atoms with E-state index in [4.69, 9.17) is 15.2 Å². The second-order valence-electron chi connectivity index (χ2n) is 6.32. The molecular formula is C16H25NO2. The van der Waals surface area contributed by atoms with E-state index in [1.165, 1.54) is 12.0 Å². The molecular weight excluding hydrogens is 238 g/mol. The summed E-state index contributed by atoms with van der Waals surface area (Å²) in [6.07, 6.45) is 3.40. The SMILES string of the molecule is COc1cc(OC)cc(C2CC(C)(C)CCC2N)c1. The maximum absolute atomic E-state index is 6.33. The van der Waals surface area contributed by atoms with Gasteiger partial charge in [-0.15, -0.1) is 0 Å². The lowest BCUT2D eigenvalue weighted by molar-refractivity contribution is 0.198. The van der Waals surface area contributed by atoms with Gasteiger partial charge in [-0.1, -0.05) is 13.8 Å². The van der Waals surface area contributed by atoms with Gasteiger partial charge in [0.1, 0.15) is 11.5 Å². The van der Waals surface area contributed by atoms with Crippen LogP contribution in [-0.4, -0.2) is 20.3 Å². The molecule has 1 fully saturated rings. The van der Waals surface area contributed by atoms with Gasteiger partial charge in [-0.25, -0.2) is 0 Å². The minimum absolute atomic E-state index is 0.227. The topological polar surface area (TPSA) is 44.5 Å². The van der Waals surface area contributed by atoms with Crippen molar-refractivity contribution in [2.24, 2.45) is 11.1 Å². The number of methoxy groups -OCH3 is 2. The van der Waals surface area contributed by atoms with Crippen LogP contribution in [0.15, 0.2) is 18.2 Å². The molecule has 1 aliphatic rings. The van der Waals surface area contributed by atoms with E-state index in [1.54, 1.807) is 14.2 Å². The summed E-state index contributed by atoms with van der Waals surface area (Å²) in [5.74, 6) is 2.06. The van der Waals surface area contributed by atoms with E-state index in [0.29, 0.717) is 11.3 Å². The molecule has 106 valence electrons. The van der Waals surface area contributed by atoms with Gasteiger partial charge in [0.2, 0.25) is 0 Å². The Morgan fingerprint density at radius 3 is 2.21 bits per heavy atom. The fourth-order valence-electron chi connectivity index (χ4n) is 3.02. The van der Waals surface area contributed by atoms with E-state index in [-0.39, 0.29) is 6.04 Å². The minimum Gasteiger partial charge on any atom is -0.497 e. The van der Waals surface area contributed by atoms with E-state index < -0.39 is 0 Å². The first-order chi connectivity index (χ1) is 8.95. The van der Waals surface area contributed by atoms with Crippen LogP contribution in [0.2, 0.25) is 0 Å². The van der Waals surface area contributed by atoms with Crippen LogP contribution in [0.3, 0.4) is 0 Å². The van der Waals surface area contributed by atoms with Crippen molar-refractivity contribution in [3.63, 3.8) is 0 Å². The fourth-order valence-corrected chi connectivity index (χ4v) is 3.02. The molecule has 1 saturated carbocycles. The molecule has 1 aromatic carbocycles. The van der Waals surface area contributed by atoms with Crippen molar-refractivity contribution in [3.8, 4) is 11.5 Å². The van der Waals surface area contributed by atoms with Crippen molar-refractivity contribution in [3.05, 3.63) is 23.8 Å². The first kappa shape index (κ1) is 14.2. The van der Waals surface area contributed by atoms with Gasteiger partial charge in [-0.3, -0.25) is 0 Å². The van der Waals surface area contributed by atoms with Gasteiger partial charge < -0.3 is 15.2 Å². The maximum Gasteiger partial charge on any atom is 0.122 e. The third-order valence-corrected chi connectivity index (χ3v) is 4.25. The van der Waals surface area contributed by atoms with Gasteiger partial charge in [-0.2, -0.15) is 0 Å². The Hall–Kier alpha value is -1.22. The second kappa shape index (κ2) is 5.41. The van der Waals surface area contributed by atoms with Crippen molar-refractivity contribution in [2.75, 3.05) is 14.2 Å². The van der Waals surface area contributed by atoms with E-state index in [1.807, 2.05) is 6.07 Å². The second-order valence-corrected chi connectivity index (χ2v) is 6.32. The average molecular weight is 263 g/mol. The zero-order valence-electron chi connectivity index (χ0n) is 12.4. The molecule has 3 heteroatoms. The summed E-state index contributed by atoms with van der Waals surface area (Å²) in [7, 11) is 3.37. The van der Waals surface area contributed by atoms with Crippen LogP contribution in [0, 0.1) is 5.41 Å². The summed E-state index contributed by atoms with van der Waals surface area (Å²) in [4.78, 5) is 0. The lowest BCUT2D eigenvalue weighted by Gasteiger charge is -2.39. The number of hydrogen-bond donors (Lipinski definition) is 1. The van der Waals surface area contributed by atoms with E-state index in [0.717, 1.165) is 24.3 Å². The Kier molecular flexibility index (Phi) is 4.04. The van der Waals surface area contributed by atoms with Crippen molar-refractivity contribution in [2.45, 2.75) is 45.1 Å². The van der Waals surface area contributed by atoms with Gasteiger partial charge in [0.25, 0.3) is 0 Å². The summed E-state index contributed by atoms with van der Waals surface area (Å²) in [6, 6.07) is 6.32. The lowest BCUT2D eigenvalue weighted by Crippen LogP contribution is -2.37. The fraction of sp³-hybridized carbons (Fsp3) is 0.625. The molecule has 2 N–H and O–H groups in total. The molecule has 3 nitrogen and oxygen atoms in total. The number of nitrogens with two attached hydrogens (primary N) is 1. The van der Waals surface area contributed by atoms with Crippen LogP contribution in [0.4, 0.5) is 0 Å². The molecule has 19 heavy (non-hydrogen) atoms. The Morgan fingerprint density at radius 2 is 1.68 bits per heavy atom. The smallest absolute Gasteiger partial charge is 0.122 e. The number of rotatable bonds is 3. The van der Waals surface area contributed by atoms with E-state index in [2.05, 4.69) is 26.0 Å². The van der Waals surface area contributed by atoms with Crippen molar-refractivity contribution < 1.29 is 9.47 Å². The van der Waals surface area contributed by atoms with Crippen LogP contribution >= 0.6 is 0 Å². The predicted octanol–water partition coefficient (Wildman–Crippen LogP) is 3.32. The highest BCUT2D eigenvalue weighted by atomic mass is 16.5. The molecule has 0 bridgehead atoms. The molecule has 2 atom stereocenters. The lowest BCUT2D eigenvalue weighted by atomic mass is 9.68. The van der Waals surface area contributed by atoms with Gasteiger partial charge in [-0.05, 0) is 48.3 Å². The standard InChI is InChI=1S/C16H25NO2/c1-16(2)6-5-15(17)14(10-16)11-7-12(18-3)9-13(8-11)19-4/h7-9,14-15H,5-6,10,17H2,1-4H3. The predicted molar refractivity (Wildman–Crippen MR) is 77.9 cm³/mol. The normalized spacial score (nSPS) is 25.9. The summed E-state index contributed by atoms with van der Waals surface area (Å²) in [5.41, 5.74) is 7.92. The molecule has 2 unspecified atom stereocenters. The van der Waals surface area contributed by atoms with E-state index in [9.17, 15) is 0 Å². The van der Waals surface area contributed by atoms with Gasteiger partial charge in [0, 0.05) is 12.1 Å².